The van der Waals surface area contributed by atoms with Gasteiger partial charge in [-0.05, 0) is 36.5 Å². The van der Waals surface area contributed by atoms with Crippen LogP contribution in [-0.2, 0) is 0 Å². The highest BCUT2D eigenvalue weighted by Gasteiger charge is 2.13. The Morgan fingerprint density at radius 3 is 2.33 bits per heavy atom. The Labute approximate surface area is 136 Å². The molecule has 0 aliphatic heterocycles. The van der Waals surface area contributed by atoms with E-state index >= 15 is 0 Å². The van der Waals surface area contributed by atoms with Crippen LogP contribution >= 0.6 is 35.4 Å². The Kier molecular flexibility index (Phi) is 4.95. The highest BCUT2D eigenvalue weighted by atomic mass is 35.5. The monoisotopic (exact) mass is 341 g/mol. The largest absolute Gasteiger partial charge is 0.332 e. The van der Waals surface area contributed by atoms with Crippen molar-refractivity contribution in [2.24, 2.45) is 0 Å². The lowest BCUT2D eigenvalue weighted by Gasteiger charge is -2.11. The predicted octanol–water partition coefficient (Wildman–Crippen LogP) is 4.71. The van der Waals surface area contributed by atoms with Crippen LogP contribution in [0, 0.1) is 10.1 Å². The van der Waals surface area contributed by atoms with Crippen LogP contribution in [0.4, 0.5) is 17.1 Å². The minimum atomic E-state index is -0.485. The van der Waals surface area contributed by atoms with Gasteiger partial charge in [0.2, 0.25) is 0 Å². The van der Waals surface area contributed by atoms with Crippen LogP contribution < -0.4 is 10.6 Å². The molecule has 21 heavy (non-hydrogen) atoms. The second-order valence-electron chi connectivity index (χ2n) is 4.01. The molecule has 8 heteroatoms. The van der Waals surface area contributed by atoms with E-state index in [9.17, 15) is 10.1 Å². The maximum atomic E-state index is 10.9. The first-order chi connectivity index (χ1) is 9.95. The minimum Gasteiger partial charge on any atom is -0.332 e. The number of halogens is 2. The van der Waals surface area contributed by atoms with E-state index < -0.39 is 4.92 Å². The fourth-order valence-corrected chi connectivity index (χ4v) is 2.40. The van der Waals surface area contributed by atoms with Gasteiger partial charge in [-0.2, -0.15) is 0 Å². The van der Waals surface area contributed by atoms with Crippen LogP contribution in [0.3, 0.4) is 0 Å². The first-order valence-electron chi connectivity index (χ1n) is 5.73. The molecule has 108 valence electrons. The number of hydrogen-bond donors (Lipinski definition) is 2. The standard InChI is InChI=1S/C13H9Cl2N3O2S/c14-8-5-9(15)7-10(6-8)16-13(21)17-11-3-1-2-4-12(11)18(19)20/h1-7H,(H2,16,17,21). The van der Waals surface area contributed by atoms with Crippen LogP contribution in [0.15, 0.2) is 42.5 Å². The summed E-state index contributed by atoms with van der Waals surface area (Å²) in [5.74, 6) is 0. The third kappa shape index (κ3) is 4.29. The third-order valence-electron chi connectivity index (χ3n) is 2.47. The van der Waals surface area contributed by atoms with Crippen molar-refractivity contribution in [2.45, 2.75) is 0 Å². The molecule has 5 nitrogen and oxygen atoms in total. The maximum Gasteiger partial charge on any atom is 0.292 e. The molecule has 0 radical (unpaired) electrons. The van der Waals surface area contributed by atoms with Crippen LogP contribution in [0.25, 0.3) is 0 Å². The van der Waals surface area contributed by atoms with Gasteiger partial charge in [-0.25, -0.2) is 0 Å². The number of thiocarbonyl (C=S) groups is 1. The average Bonchev–Trinajstić information content (AvgIpc) is 2.37. The van der Waals surface area contributed by atoms with E-state index in [0.717, 1.165) is 0 Å². The van der Waals surface area contributed by atoms with E-state index in [-0.39, 0.29) is 10.8 Å². The van der Waals surface area contributed by atoms with Crippen LogP contribution in [0.2, 0.25) is 10.0 Å². The molecular weight excluding hydrogens is 333 g/mol. The number of anilines is 2. The summed E-state index contributed by atoms with van der Waals surface area (Å²) >= 11 is 16.9. The van der Waals surface area contributed by atoms with E-state index in [2.05, 4.69) is 10.6 Å². The molecule has 0 atom stereocenters. The zero-order chi connectivity index (χ0) is 15.4. The summed E-state index contributed by atoms with van der Waals surface area (Å²) in [5.41, 5.74) is 0.822. The summed E-state index contributed by atoms with van der Waals surface area (Å²) in [5, 5.41) is 17.7. The summed E-state index contributed by atoms with van der Waals surface area (Å²) < 4.78 is 0. The Bertz CT molecular complexity index is 689. The molecule has 0 saturated heterocycles. The second-order valence-corrected chi connectivity index (χ2v) is 5.29. The number of rotatable bonds is 3. The first-order valence-corrected chi connectivity index (χ1v) is 6.89. The topological polar surface area (TPSA) is 67.2 Å². The molecule has 0 amide bonds. The molecule has 2 aromatic carbocycles. The summed E-state index contributed by atoms with van der Waals surface area (Å²) in [6.07, 6.45) is 0. The van der Waals surface area contributed by atoms with E-state index in [1.165, 1.54) is 6.07 Å². The molecular formula is C13H9Cl2N3O2S. The number of nitro benzene ring substituents is 1. The van der Waals surface area contributed by atoms with Gasteiger partial charge in [0.05, 0.1) is 4.92 Å². The number of nitrogens with zero attached hydrogens (tertiary/aromatic N) is 1. The van der Waals surface area contributed by atoms with Gasteiger partial charge in [0.1, 0.15) is 5.69 Å². The van der Waals surface area contributed by atoms with E-state index in [1.807, 2.05) is 0 Å². The van der Waals surface area contributed by atoms with Gasteiger partial charge in [0, 0.05) is 21.8 Å². The number of benzene rings is 2. The van der Waals surface area contributed by atoms with Crippen molar-refractivity contribution in [1.29, 1.82) is 0 Å². The molecule has 0 unspecified atom stereocenters. The maximum absolute atomic E-state index is 10.9. The Balaban J connectivity index is 2.14. The fourth-order valence-electron chi connectivity index (χ4n) is 1.65. The number of nitrogens with one attached hydrogen (secondary N) is 2. The van der Waals surface area contributed by atoms with Gasteiger partial charge in [-0.3, -0.25) is 10.1 Å². The number of hydrogen-bond acceptors (Lipinski definition) is 3. The predicted molar refractivity (Wildman–Crippen MR) is 89.4 cm³/mol. The van der Waals surface area contributed by atoms with Gasteiger partial charge in [0.25, 0.3) is 5.69 Å². The van der Waals surface area contributed by atoms with Crippen molar-refractivity contribution in [3.8, 4) is 0 Å². The molecule has 0 aliphatic carbocycles. The molecule has 0 aliphatic rings. The lowest BCUT2D eigenvalue weighted by Crippen LogP contribution is -2.19. The summed E-state index contributed by atoms with van der Waals surface area (Å²) in [6.45, 7) is 0. The average molecular weight is 342 g/mol. The van der Waals surface area contributed by atoms with Gasteiger partial charge in [-0.1, -0.05) is 35.3 Å². The van der Waals surface area contributed by atoms with Gasteiger partial charge in [-0.15, -0.1) is 0 Å². The Hall–Kier alpha value is -1.89. The molecule has 0 fully saturated rings. The smallest absolute Gasteiger partial charge is 0.292 e. The summed E-state index contributed by atoms with van der Waals surface area (Å²) in [6, 6.07) is 11.1. The van der Waals surface area contributed by atoms with Crippen LogP contribution in [0.5, 0.6) is 0 Å². The Morgan fingerprint density at radius 2 is 1.71 bits per heavy atom. The number of para-hydroxylation sites is 2. The molecule has 0 heterocycles. The van der Waals surface area contributed by atoms with Crippen molar-refractivity contribution < 1.29 is 4.92 Å². The van der Waals surface area contributed by atoms with Gasteiger partial charge in [0.15, 0.2) is 5.11 Å². The summed E-state index contributed by atoms with van der Waals surface area (Å²) in [7, 11) is 0. The lowest BCUT2D eigenvalue weighted by atomic mass is 10.3. The normalized spacial score (nSPS) is 10.0. The highest BCUT2D eigenvalue weighted by Crippen LogP contribution is 2.25. The molecule has 0 bridgehead atoms. The van der Waals surface area contributed by atoms with Crippen molar-refractivity contribution in [2.75, 3.05) is 10.6 Å². The fraction of sp³-hybridized carbons (Fsp3) is 0. The summed E-state index contributed by atoms with van der Waals surface area (Å²) in [4.78, 5) is 10.4. The van der Waals surface area contributed by atoms with Crippen molar-refractivity contribution >= 4 is 57.6 Å². The van der Waals surface area contributed by atoms with Gasteiger partial charge < -0.3 is 10.6 Å². The lowest BCUT2D eigenvalue weighted by molar-refractivity contribution is -0.383. The van der Waals surface area contributed by atoms with E-state index in [1.54, 1.807) is 36.4 Å². The Morgan fingerprint density at radius 1 is 1.10 bits per heavy atom. The molecule has 2 rings (SSSR count). The minimum absolute atomic E-state index is 0.0641. The van der Waals surface area contributed by atoms with E-state index in [0.29, 0.717) is 21.4 Å². The zero-order valence-electron chi connectivity index (χ0n) is 10.5. The number of nitro groups is 1. The SMILES string of the molecule is O=[N+]([O-])c1ccccc1NC(=S)Nc1cc(Cl)cc(Cl)c1. The first kappa shape index (κ1) is 15.5. The molecule has 0 spiro atoms. The highest BCUT2D eigenvalue weighted by molar-refractivity contribution is 7.80. The third-order valence-corrected chi connectivity index (χ3v) is 3.11. The molecule has 2 aromatic rings. The van der Waals surface area contributed by atoms with Crippen molar-refractivity contribution in [3.05, 3.63) is 62.6 Å². The second kappa shape index (κ2) is 6.71. The van der Waals surface area contributed by atoms with E-state index in [4.69, 9.17) is 35.4 Å². The quantitative estimate of drug-likeness (QED) is 0.480. The van der Waals surface area contributed by atoms with Crippen LogP contribution in [0.1, 0.15) is 0 Å². The van der Waals surface area contributed by atoms with Crippen LogP contribution in [-0.4, -0.2) is 10.0 Å². The molecule has 0 aromatic heterocycles. The molecule has 0 saturated carbocycles. The molecule has 2 N–H and O–H groups in total. The van der Waals surface area contributed by atoms with Crippen molar-refractivity contribution in [1.82, 2.24) is 0 Å². The zero-order valence-corrected chi connectivity index (χ0v) is 12.8. The van der Waals surface area contributed by atoms with Crippen molar-refractivity contribution in [3.63, 3.8) is 0 Å². The van der Waals surface area contributed by atoms with Gasteiger partial charge >= 0.3 is 0 Å².